The van der Waals surface area contributed by atoms with Crippen LogP contribution in [0.2, 0.25) is 10.0 Å². The summed E-state index contributed by atoms with van der Waals surface area (Å²) < 4.78 is 21.4. The summed E-state index contributed by atoms with van der Waals surface area (Å²) in [7, 11) is 0. The van der Waals surface area contributed by atoms with Gasteiger partial charge in [0.15, 0.2) is 11.6 Å². The average Bonchev–Trinajstić information content (AvgIpc) is 3.34. The molecule has 1 saturated heterocycles. The molecule has 0 spiro atoms. The molecule has 2 aromatic heterocycles. The number of aliphatic hydroxyl groups excluding tert-OH is 1. The number of benzene rings is 1. The quantitative estimate of drug-likeness (QED) is 0.471. The van der Waals surface area contributed by atoms with E-state index in [1.165, 1.54) is 12.1 Å². The number of nitrogen functional groups attached to an aromatic ring is 1. The molecule has 180 valence electrons. The van der Waals surface area contributed by atoms with Gasteiger partial charge >= 0.3 is 0 Å². The number of likely N-dealkylation sites (tertiary alicyclic amines) is 1. The lowest BCUT2D eigenvalue weighted by molar-refractivity contribution is -0.135. The van der Waals surface area contributed by atoms with Crippen LogP contribution in [0.4, 0.5) is 10.2 Å². The zero-order valence-corrected chi connectivity index (χ0v) is 19.8. The number of rotatable bonds is 7. The third-order valence-electron chi connectivity index (χ3n) is 5.89. The predicted octanol–water partition coefficient (Wildman–Crippen LogP) is 3.75. The average molecular weight is 508 g/mol. The van der Waals surface area contributed by atoms with E-state index >= 15 is 0 Å². The molecule has 34 heavy (non-hydrogen) atoms. The second-order valence-electron chi connectivity index (χ2n) is 8.01. The largest absolute Gasteiger partial charge is 0.489 e. The highest BCUT2D eigenvalue weighted by Crippen LogP contribution is 2.31. The van der Waals surface area contributed by atoms with Gasteiger partial charge in [-0.3, -0.25) is 9.48 Å². The Bertz CT molecular complexity index is 1180. The zero-order chi connectivity index (χ0) is 24.2. The summed E-state index contributed by atoms with van der Waals surface area (Å²) >= 11 is 12.2. The van der Waals surface area contributed by atoms with Gasteiger partial charge in [0.2, 0.25) is 5.91 Å². The first-order valence-electron chi connectivity index (χ1n) is 10.8. The summed E-state index contributed by atoms with van der Waals surface area (Å²) in [6.45, 7) is 0.885. The van der Waals surface area contributed by atoms with Crippen LogP contribution in [-0.2, 0) is 11.2 Å². The molecule has 8 nitrogen and oxygen atoms in total. The van der Waals surface area contributed by atoms with Crippen LogP contribution in [0, 0.1) is 5.82 Å². The maximum atomic E-state index is 13.7. The number of nitrogens with zero attached hydrogens (tertiary/aromatic N) is 4. The van der Waals surface area contributed by atoms with E-state index in [-0.39, 0.29) is 29.4 Å². The number of carbonyl (C=O) groups excluding carboxylic acids is 1. The fourth-order valence-electron chi connectivity index (χ4n) is 3.96. The van der Waals surface area contributed by atoms with Crippen molar-refractivity contribution in [1.29, 1.82) is 0 Å². The maximum absolute atomic E-state index is 13.7. The van der Waals surface area contributed by atoms with E-state index in [9.17, 15) is 9.18 Å². The molecule has 0 unspecified atom stereocenters. The molecule has 0 aliphatic carbocycles. The molecule has 3 aromatic rings. The molecule has 0 radical (unpaired) electrons. The van der Waals surface area contributed by atoms with E-state index in [1.54, 1.807) is 23.4 Å². The number of aliphatic hydroxyl groups is 1. The molecule has 1 amide bonds. The number of hydrogen-bond acceptors (Lipinski definition) is 6. The minimum Gasteiger partial charge on any atom is -0.489 e. The van der Waals surface area contributed by atoms with Gasteiger partial charge in [0.25, 0.3) is 0 Å². The van der Waals surface area contributed by atoms with Crippen LogP contribution in [0.1, 0.15) is 24.4 Å². The molecule has 0 bridgehead atoms. The van der Waals surface area contributed by atoms with Gasteiger partial charge in [-0.25, -0.2) is 9.37 Å². The number of amides is 1. The van der Waals surface area contributed by atoms with Crippen molar-refractivity contribution in [2.45, 2.75) is 25.3 Å². The molecular formula is C23H24Cl2FN5O3. The van der Waals surface area contributed by atoms with Crippen molar-refractivity contribution < 1.29 is 19.0 Å². The monoisotopic (exact) mass is 507 g/mol. The fourth-order valence-corrected chi connectivity index (χ4v) is 4.52. The summed E-state index contributed by atoms with van der Waals surface area (Å²) in [5.41, 5.74) is 8.09. The normalized spacial score (nSPS) is 14.4. The highest BCUT2D eigenvalue weighted by molar-refractivity contribution is 6.36. The number of pyridine rings is 1. The summed E-state index contributed by atoms with van der Waals surface area (Å²) in [4.78, 5) is 17.5. The number of aromatic nitrogens is 3. The molecule has 0 atom stereocenters. The number of nitrogens with two attached hydrogens (primary N) is 1. The minimum atomic E-state index is -0.535. The molecule has 1 aromatic carbocycles. The van der Waals surface area contributed by atoms with E-state index in [4.69, 9.17) is 38.8 Å². The van der Waals surface area contributed by atoms with Crippen LogP contribution in [0.3, 0.4) is 0 Å². The number of carbonyl (C=O) groups is 1. The first-order valence-corrected chi connectivity index (χ1v) is 11.6. The minimum absolute atomic E-state index is 0.0186. The molecule has 1 aliphatic heterocycles. The molecule has 11 heteroatoms. The Morgan fingerprint density at radius 1 is 1.24 bits per heavy atom. The van der Waals surface area contributed by atoms with E-state index < -0.39 is 12.4 Å². The Kier molecular flexibility index (Phi) is 7.55. The van der Waals surface area contributed by atoms with Gasteiger partial charge in [-0.1, -0.05) is 23.2 Å². The highest BCUT2D eigenvalue weighted by atomic mass is 35.5. The first kappa shape index (κ1) is 24.3. The lowest BCUT2D eigenvalue weighted by Gasteiger charge is -2.31. The van der Waals surface area contributed by atoms with Gasteiger partial charge in [-0.05, 0) is 36.6 Å². The number of halogens is 3. The van der Waals surface area contributed by atoms with Crippen molar-refractivity contribution in [2.24, 2.45) is 0 Å². The Labute approximate surface area is 206 Å². The molecule has 1 fully saturated rings. The molecular weight excluding hydrogens is 484 g/mol. The summed E-state index contributed by atoms with van der Waals surface area (Å²) in [6.07, 6.45) is 7.13. The van der Waals surface area contributed by atoms with E-state index in [2.05, 4.69) is 10.1 Å². The Hall–Kier alpha value is -2.88. The summed E-state index contributed by atoms with van der Waals surface area (Å²) in [5, 5.41) is 13.9. The number of ether oxygens (including phenoxy) is 1. The third-order valence-corrected chi connectivity index (χ3v) is 6.65. The molecule has 3 heterocycles. The fraction of sp³-hybridized carbons (Fsp3) is 0.348. The zero-order valence-electron chi connectivity index (χ0n) is 18.3. The lowest BCUT2D eigenvalue weighted by atomic mass is 10.1. The van der Waals surface area contributed by atoms with Crippen LogP contribution in [0.5, 0.6) is 5.75 Å². The summed E-state index contributed by atoms with van der Waals surface area (Å²) in [6, 6.07) is 4.62. The maximum Gasteiger partial charge on any atom is 0.248 e. The number of hydrogen-bond donors (Lipinski definition) is 2. The number of piperidine rings is 1. The van der Waals surface area contributed by atoms with E-state index in [0.717, 1.165) is 24.0 Å². The van der Waals surface area contributed by atoms with Crippen molar-refractivity contribution >= 4 is 34.9 Å². The Morgan fingerprint density at radius 3 is 2.74 bits per heavy atom. The van der Waals surface area contributed by atoms with Crippen molar-refractivity contribution in [3.63, 3.8) is 0 Å². The van der Waals surface area contributed by atoms with Crippen LogP contribution < -0.4 is 10.5 Å². The van der Waals surface area contributed by atoms with Crippen LogP contribution in [-0.4, -0.2) is 57.0 Å². The third kappa shape index (κ3) is 5.27. The predicted molar refractivity (Wildman–Crippen MR) is 127 cm³/mol. The Balaban J connectivity index is 1.41. The highest BCUT2D eigenvalue weighted by Gasteiger charge is 2.24. The number of anilines is 1. The van der Waals surface area contributed by atoms with Crippen LogP contribution >= 0.6 is 23.2 Å². The molecule has 3 N–H and O–H groups in total. The smallest absolute Gasteiger partial charge is 0.248 e. The van der Waals surface area contributed by atoms with Gasteiger partial charge in [0.1, 0.15) is 12.4 Å². The van der Waals surface area contributed by atoms with Gasteiger partial charge < -0.3 is 20.5 Å². The van der Waals surface area contributed by atoms with Gasteiger partial charge in [0.05, 0.1) is 23.9 Å². The van der Waals surface area contributed by atoms with Gasteiger partial charge in [-0.2, -0.15) is 5.10 Å². The lowest BCUT2D eigenvalue weighted by Crippen LogP contribution is -2.40. The van der Waals surface area contributed by atoms with E-state index in [1.807, 2.05) is 10.9 Å². The second-order valence-corrected chi connectivity index (χ2v) is 8.79. The molecule has 0 saturated carbocycles. The van der Waals surface area contributed by atoms with E-state index in [0.29, 0.717) is 35.8 Å². The van der Waals surface area contributed by atoms with Crippen LogP contribution in [0.15, 0.2) is 36.8 Å². The first-order chi connectivity index (χ1) is 16.4. The second kappa shape index (κ2) is 10.6. The Morgan fingerprint density at radius 2 is 2.00 bits per heavy atom. The SMILES string of the molecule is Nc1ncc(-c2cnn(C3CCN(C(=O)CO)CC3)c2)cc1OCCc1c(Cl)ccc(F)c1Cl. The molecule has 1 aliphatic rings. The van der Waals surface area contributed by atoms with Crippen LogP contribution in [0.25, 0.3) is 11.1 Å². The standard InChI is InChI=1S/C23H24Cl2FN5O3/c24-18-1-2-19(26)22(25)17(18)5-8-34-20-9-14(10-28-23(20)27)15-11-29-31(12-15)16-3-6-30(7-4-16)21(33)13-32/h1-2,9-12,16,32H,3-8,13H2,(H2,27,28). The molecule has 4 rings (SSSR count). The van der Waals surface area contributed by atoms with Crippen molar-refractivity contribution in [1.82, 2.24) is 19.7 Å². The topological polar surface area (TPSA) is 106 Å². The van der Waals surface area contributed by atoms with Gasteiger partial charge in [0, 0.05) is 48.1 Å². The van der Waals surface area contributed by atoms with Gasteiger partial charge in [-0.15, -0.1) is 0 Å². The van der Waals surface area contributed by atoms with Crippen molar-refractivity contribution in [3.8, 4) is 16.9 Å². The summed E-state index contributed by atoms with van der Waals surface area (Å²) in [5.74, 6) is -0.160. The van der Waals surface area contributed by atoms with Crippen molar-refractivity contribution in [3.05, 3.63) is 58.2 Å². The van der Waals surface area contributed by atoms with Crippen molar-refractivity contribution in [2.75, 3.05) is 32.0 Å².